The molecule has 1 unspecified atom stereocenters. The molecule has 0 amide bonds. The van der Waals surface area contributed by atoms with Gasteiger partial charge >= 0.3 is 0 Å². The molecular weight excluding hydrogens is 208 g/mol. The van der Waals surface area contributed by atoms with Gasteiger partial charge in [0.05, 0.1) is 4.90 Å². The molecule has 0 aliphatic rings. The van der Waals surface area contributed by atoms with Gasteiger partial charge in [-0.2, -0.15) is 0 Å². The monoisotopic (exact) mass is 216 g/mol. The van der Waals surface area contributed by atoms with Crippen molar-refractivity contribution in [1.82, 2.24) is 0 Å². The molecule has 1 atom stereocenters. The maximum atomic E-state index is 10.7. The smallest absolute Gasteiger partial charge is 0.186 e. The van der Waals surface area contributed by atoms with Gasteiger partial charge in [-0.1, -0.05) is 23.7 Å². The van der Waals surface area contributed by atoms with Gasteiger partial charge in [-0.25, -0.2) is 4.21 Å². The first-order valence-electron chi connectivity index (χ1n) is 3.65. The Kier molecular flexibility index (Phi) is 3.66. The number of rotatable bonds is 3. The van der Waals surface area contributed by atoms with Crippen LogP contribution in [0.1, 0.15) is 5.56 Å². The van der Waals surface area contributed by atoms with Crippen molar-refractivity contribution in [2.24, 2.45) is 0 Å². The molecule has 1 aromatic carbocycles. The van der Waals surface area contributed by atoms with Crippen molar-refractivity contribution in [3.63, 3.8) is 0 Å². The molecule has 0 fully saturated rings. The van der Waals surface area contributed by atoms with E-state index in [1.165, 1.54) is 6.07 Å². The summed E-state index contributed by atoms with van der Waals surface area (Å²) in [5.74, 6) is 0. The number of hydrogen-bond donors (Lipinski definition) is 1. The van der Waals surface area contributed by atoms with Crippen LogP contribution < -0.4 is 0 Å². The third kappa shape index (κ3) is 2.66. The molecule has 0 radical (unpaired) electrons. The molecule has 0 saturated heterocycles. The van der Waals surface area contributed by atoms with Gasteiger partial charge in [0.25, 0.3) is 0 Å². The second-order valence-electron chi connectivity index (χ2n) is 2.50. The largest absolute Gasteiger partial charge is 0.302 e. The number of allylic oxidation sites excluding steroid dienone is 1. The van der Waals surface area contributed by atoms with Crippen molar-refractivity contribution in [2.75, 3.05) is 0 Å². The maximum absolute atomic E-state index is 10.7. The summed E-state index contributed by atoms with van der Waals surface area (Å²) in [6, 6.07) is 4.81. The highest BCUT2D eigenvalue weighted by molar-refractivity contribution is 7.79. The van der Waals surface area contributed by atoms with Crippen LogP contribution in [0.15, 0.2) is 35.7 Å². The zero-order valence-electron chi connectivity index (χ0n) is 6.87. The Balaban J connectivity index is 3.04. The lowest BCUT2D eigenvalue weighted by Gasteiger charge is -2.01. The summed E-state index contributed by atoms with van der Waals surface area (Å²) < 4.78 is 19.4. The summed E-state index contributed by atoms with van der Waals surface area (Å²) in [5, 5.41) is 0.500. The lowest BCUT2D eigenvalue weighted by Crippen LogP contribution is -1.90. The quantitative estimate of drug-likeness (QED) is 0.623. The molecular formula is C9H9ClO2S. The Bertz CT molecular complexity index is 349. The van der Waals surface area contributed by atoms with Crippen molar-refractivity contribution in [3.05, 3.63) is 41.4 Å². The van der Waals surface area contributed by atoms with Gasteiger partial charge < -0.3 is 4.55 Å². The second kappa shape index (κ2) is 4.56. The van der Waals surface area contributed by atoms with Gasteiger partial charge in [-0.15, -0.1) is 6.58 Å². The van der Waals surface area contributed by atoms with E-state index in [0.29, 0.717) is 16.3 Å². The van der Waals surface area contributed by atoms with Crippen molar-refractivity contribution in [2.45, 2.75) is 11.3 Å². The summed E-state index contributed by atoms with van der Waals surface area (Å²) in [6.45, 7) is 3.59. The molecule has 0 aliphatic carbocycles. The van der Waals surface area contributed by atoms with Crippen LogP contribution in [0, 0.1) is 0 Å². The van der Waals surface area contributed by atoms with Crippen molar-refractivity contribution in [3.8, 4) is 0 Å². The SMILES string of the molecule is C=CCc1ccc(S(=O)O)cc1Cl. The minimum atomic E-state index is -1.96. The molecule has 0 spiro atoms. The molecule has 1 rings (SSSR count). The molecule has 70 valence electrons. The first-order chi connectivity index (χ1) is 6.15. The molecule has 0 bridgehead atoms. The first-order valence-corrected chi connectivity index (χ1v) is 5.14. The molecule has 0 aromatic heterocycles. The number of benzene rings is 1. The van der Waals surface area contributed by atoms with Gasteiger partial charge in [0.2, 0.25) is 0 Å². The molecule has 0 saturated carbocycles. The second-order valence-corrected chi connectivity index (χ2v) is 3.87. The van der Waals surface area contributed by atoms with Crippen LogP contribution in [-0.4, -0.2) is 8.76 Å². The predicted octanol–water partition coefficient (Wildman–Crippen LogP) is 2.65. The third-order valence-corrected chi connectivity index (χ3v) is 2.60. The van der Waals surface area contributed by atoms with Crippen LogP contribution in [0.2, 0.25) is 5.02 Å². The maximum Gasteiger partial charge on any atom is 0.186 e. The zero-order valence-corrected chi connectivity index (χ0v) is 8.44. The van der Waals surface area contributed by atoms with Crippen molar-refractivity contribution >= 4 is 22.7 Å². The Hall–Kier alpha value is -0.640. The molecule has 4 heteroatoms. The van der Waals surface area contributed by atoms with Crippen molar-refractivity contribution in [1.29, 1.82) is 0 Å². The summed E-state index contributed by atoms with van der Waals surface area (Å²) >= 11 is 3.90. The van der Waals surface area contributed by atoms with Gasteiger partial charge in [0, 0.05) is 5.02 Å². The van der Waals surface area contributed by atoms with Crippen LogP contribution in [0.5, 0.6) is 0 Å². The molecule has 1 aromatic rings. The van der Waals surface area contributed by atoms with Gasteiger partial charge in [0.1, 0.15) is 0 Å². The average Bonchev–Trinajstić information content (AvgIpc) is 2.08. The van der Waals surface area contributed by atoms with E-state index in [4.69, 9.17) is 16.2 Å². The van der Waals surface area contributed by atoms with Gasteiger partial charge in [-0.05, 0) is 24.1 Å². The first kappa shape index (κ1) is 10.4. The van der Waals surface area contributed by atoms with Crippen LogP contribution in [0.3, 0.4) is 0 Å². The van der Waals surface area contributed by atoms with E-state index >= 15 is 0 Å². The number of halogens is 1. The lowest BCUT2D eigenvalue weighted by molar-refractivity contribution is 0.564. The topological polar surface area (TPSA) is 37.3 Å². The van der Waals surface area contributed by atoms with E-state index in [-0.39, 0.29) is 0 Å². The fourth-order valence-corrected chi connectivity index (χ4v) is 1.68. The van der Waals surface area contributed by atoms with Gasteiger partial charge in [0.15, 0.2) is 11.1 Å². The summed E-state index contributed by atoms with van der Waals surface area (Å²) in [4.78, 5) is 0.317. The van der Waals surface area contributed by atoms with Crippen LogP contribution >= 0.6 is 11.6 Å². The number of hydrogen-bond acceptors (Lipinski definition) is 1. The normalized spacial score (nSPS) is 12.5. The van der Waals surface area contributed by atoms with E-state index in [1.807, 2.05) is 0 Å². The van der Waals surface area contributed by atoms with Gasteiger partial charge in [-0.3, -0.25) is 0 Å². The summed E-state index contributed by atoms with van der Waals surface area (Å²) in [7, 11) is 0. The minimum absolute atomic E-state index is 0.317. The van der Waals surface area contributed by atoms with E-state index in [2.05, 4.69) is 6.58 Å². The average molecular weight is 217 g/mol. The lowest BCUT2D eigenvalue weighted by atomic mass is 10.1. The molecule has 0 aliphatic heterocycles. The van der Waals surface area contributed by atoms with E-state index < -0.39 is 11.1 Å². The highest BCUT2D eigenvalue weighted by Crippen LogP contribution is 2.20. The fraction of sp³-hybridized carbons (Fsp3) is 0.111. The van der Waals surface area contributed by atoms with Crippen molar-refractivity contribution < 1.29 is 8.76 Å². The zero-order chi connectivity index (χ0) is 9.84. The summed E-state index contributed by atoms with van der Waals surface area (Å²) in [6.07, 6.45) is 2.40. The van der Waals surface area contributed by atoms with Crippen LogP contribution in [0.4, 0.5) is 0 Å². The molecule has 1 N–H and O–H groups in total. The Morgan fingerprint density at radius 3 is 2.77 bits per heavy atom. The molecule has 13 heavy (non-hydrogen) atoms. The highest BCUT2D eigenvalue weighted by atomic mass is 35.5. The minimum Gasteiger partial charge on any atom is -0.302 e. The Labute approximate surface area is 84.5 Å². The third-order valence-electron chi connectivity index (χ3n) is 1.59. The fourth-order valence-electron chi connectivity index (χ4n) is 0.958. The standard InChI is InChI=1S/C9H9ClO2S/c1-2-3-7-4-5-8(13(11)12)6-9(7)10/h2,4-6H,1,3H2,(H,11,12). The predicted molar refractivity (Wildman–Crippen MR) is 54.4 cm³/mol. The molecule has 0 heterocycles. The van der Waals surface area contributed by atoms with E-state index in [1.54, 1.807) is 18.2 Å². The Morgan fingerprint density at radius 2 is 2.31 bits per heavy atom. The van der Waals surface area contributed by atoms with E-state index in [9.17, 15) is 4.21 Å². The highest BCUT2D eigenvalue weighted by Gasteiger charge is 2.03. The summed E-state index contributed by atoms with van der Waals surface area (Å²) in [5.41, 5.74) is 0.908. The van der Waals surface area contributed by atoms with Crippen LogP contribution in [-0.2, 0) is 17.5 Å². The van der Waals surface area contributed by atoms with E-state index in [0.717, 1.165) is 5.56 Å². The molecule has 2 nitrogen and oxygen atoms in total. The van der Waals surface area contributed by atoms with Crippen LogP contribution in [0.25, 0.3) is 0 Å². The Morgan fingerprint density at radius 1 is 1.62 bits per heavy atom.